The van der Waals surface area contributed by atoms with Crippen molar-refractivity contribution in [2.45, 2.75) is 5.54 Å². The van der Waals surface area contributed by atoms with E-state index in [-0.39, 0.29) is 5.75 Å². The van der Waals surface area contributed by atoms with Crippen LogP contribution in [-0.2, 0) is 5.54 Å². The molecule has 0 amide bonds. The van der Waals surface area contributed by atoms with E-state index in [0.29, 0.717) is 11.2 Å². The number of pyridine rings is 1. The highest BCUT2D eigenvalue weighted by Gasteiger charge is 2.35. The van der Waals surface area contributed by atoms with Gasteiger partial charge in [-0.15, -0.1) is 0 Å². The van der Waals surface area contributed by atoms with Crippen molar-refractivity contribution in [3.8, 4) is 5.75 Å². The summed E-state index contributed by atoms with van der Waals surface area (Å²) in [6, 6.07) is 40.2. The van der Waals surface area contributed by atoms with Crippen molar-refractivity contribution >= 4 is 17.1 Å². The summed E-state index contributed by atoms with van der Waals surface area (Å²) in [7, 11) is 0. The van der Waals surface area contributed by atoms with Crippen molar-refractivity contribution in [3.05, 3.63) is 144 Å². The van der Waals surface area contributed by atoms with Gasteiger partial charge in [0.15, 0.2) is 0 Å². The van der Waals surface area contributed by atoms with E-state index in [9.17, 15) is 5.11 Å². The van der Waals surface area contributed by atoms with Crippen LogP contribution < -0.4 is 0 Å². The monoisotopic (exact) mass is 414 g/mol. The summed E-state index contributed by atoms with van der Waals surface area (Å²) in [6.07, 6.45) is 1.80. The quantitative estimate of drug-likeness (QED) is 0.269. The number of nitrogens with zero attached hydrogens (tertiary/aromatic N) is 2. The second kappa shape index (κ2) is 8.48. The molecule has 5 rings (SSSR count). The van der Waals surface area contributed by atoms with Gasteiger partial charge in [0.05, 0.1) is 5.69 Å². The van der Waals surface area contributed by atoms with E-state index in [1.807, 2.05) is 78.9 Å². The van der Waals surface area contributed by atoms with Crippen LogP contribution in [0.2, 0.25) is 0 Å². The van der Waals surface area contributed by atoms with Crippen LogP contribution >= 0.6 is 0 Å². The maximum Gasteiger partial charge on any atom is 0.141 e. The van der Waals surface area contributed by atoms with Crippen LogP contribution in [0.1, 0.15) is 22.4 Å². The predicted octanol–water partition coefficient (Wildman–Crippen LogP) is 6.35. The van der Waals surface area contributed by atoms with Crippen LogP contribution in [0.4, 0.5) is 0 Å². The number of phenolic OH excluding ortho intramolecular Hbond substituents is 1. The Morgan fingerprint density at radius 3 is 1.66 bits per heavy atom. The molecule has 0 saturated heterocycles. The topological polar surface area (TPSA) is 45.5 Å². The molecule has 3 nitrogen and oxygen atoms in total. The van der Waals surface area contributed by atoms with Gasteiger partial charge in [-0.05, 0) is 28.8 Å². The fourth-order valence-corrected chi connectivity index (χ4v) is 4.14. The van der Waals surface area contributed by atoms with Crippen LogP contribution in [0.5, 0.6) is 5.75 Å². The van der Waals surface area contributed by atoms with Gasteiger partial charge in [0, 0.05) is 11.6 Å². The summed E-state index contributed by atoms with van der Waals surface area (Å²) in [6.45, 7) is 0. The number of aliphatic imine (C=N–C) groups is 1. The van der Waals surface area contributed by atoms with Crippen molar-refractivity contribution in [2.75, 3.05) is 0 Å². The molecule has 0 aliphatic rings. The first kappa shape index (κ1) is 19.7. The molecule has 0 saturated carbocycles. The van der Waals surface area contributed by atoms with E-state index in [4.69, 9.17) is 4.99 Å². The Morgan fingerprint density at radius 2 is 1.12 bits per heavy atom. The number of hydrogen-bond acceptors (Lipinski definition) is 3. The first-order valence-electron chi connectivity index (χ1n) is 10.6. The third-order valence-electron chi connectivity index (χ3n) is 5.69. The summed E-state index contributed by atoms with van der Waals surface area (Å²) in [5.74, 6) is 0.165. The minimum Gasteiger partial charge on any atom is -0.506 e. The average molecular weight is 415 g/mol. The smallest absolute Gasteiger partial charge is 0.141 e. The molecule has 1 aromatic heterocycles. The van der Waals surface area contributed by atoms with Crippen LogP contribution in [0.15, 0.2) is 126 Å². The van der Waals surface area contributed by atoms with E-state index >= 15 is 0 Å². The number of hydrogen-bond donors (Lipinski definition) is 1. The van der Waals surface area contributed by atoms with Gasteiger partial charge in [0.1, 0.15) is 16.8 Å². The number of rotatable bonds is 5. The molecule has 154 valence electrons. The van der Waals surface area contributed by atoms with Gasteiger partial charge in [-0.3, -0.25) is 4.99 Å². The van der Waals surface area contributed by atoms with Crippen molar-refractivity contribution in [1.82, 2.24) is 4.98 Å². The van der Waals surface area contributed by atoms with E-state index in [1.54, 1.807) is 12.3 Å². The van der Waals surface area contributed by atoms with E-state index in [2.05, 4.69) is 41.4 Å². The molecule has 0 spiro atoms. The van der Waals surface area contributed by atoms with Gasteiger partial charge in [0.25, 0.3) is 0 Å². The number of phenols is 1. The average Bonchev–Trinajstić information content (AvgIpc) is 2.87. The fourth-order valence-electron chi connectivity index (χ4n) is 4.14. The Balaban J connectivity index is 1.74. The molecular weight excluding hydrogens is 392 g/mol. The SMILES string of the molecule is Oc1cccc2ccc(C=NC(c3ccccc3)(c3ccccc3)c3ccccc3)nc12. The minimum atomic E-state index is -0.737. The van der Waals surface area contributed by atoms with Gasteiger partial charge >= 0.3 is 0 Å². The van der Waals surface area contributed by atoms with Crippen LogP contribution in [-0.4, -0.2) is 16.3 Å². The van der Waals surface area contributed by atoms with E-state index < -0.39 is 5.54 Å². The van der Waals surface area contributed by atoms with Gasteiger partial charge in [-0.2, -0.15) is 0 Å². The number of aromatic hydroxyl groups is 1. The summed E-state index contributed by atoms with van der Waals surface area (Å²) in [5.41, 5.74) is 3.72. The summed E-state index contributed by atoms with van der Waals surface area (Å²) in [4.78, 5) is 9.86. The second-order valence-electron chi connectivity index (χ2n) is 7.65. The number of para-hydroxylation sites is 1. The lowest BCUT2D eigenvalue weighted by atomic mass is 9.77. The molecule has 0 unspecified atom stereocenters. The van der Waals surface area contributed by atoms with Gasteiger partial charge in [-0.25, -0.2) is 4.98 Å². The third-order valence-corrected chi connectivity index (χ3v) is 5.69. The third kappa shape index (κ3) is 3.54. The Labute approximate surface area is 187 Å². The molecule has 0 radical (unpaired) electrons. The number of fused-ring (bicyclic) bond motifs is 1. The zero-order valence-corrected chi connectivity index (χ0v) is 17.5. The van der Waals surface area contributed by atoms with E-state index in [1.165, 1.54) is 0 Å². The Morgan fingerprint density at radius 1 is 0.594 bits per heavy atom. The predicted molar refractivity (Wildman–Crippen MR) is 130 cm³/mol. The molecule has 0 atom stereocenters. The lowest BCUT2D eigenvalue weighted by Gasteiger charge is -2.32. The molecule has 0 aliphatic heterocycles. The zero-order chi connectivity index (χ0) is 21.8. The molecule has 3 heteroatoms. The summed E-state index contributed by atoms with van der Waals surface area (Å²) < 4.78 is 0. The number of benzene rings is 4. The van der Waals surface area contributed by atoms with Crippen molar-refractivity contribution in [2.24, 2.45) is 4.99 Å². The molecule has 1 N–H and O–H groups in total. The fraction of sp³-hybridized carbons (Fsp3) is 0.0345. The van der Waals surface area contributed by atoms with Gasteiger partial charge < -0.3 is 5.11 Å². The molecular formula is C29H22N2O. The van der Waals surface area contributed by atoms with Gasteiger partial charge in [-0.1, -0.05) is 109 Å². The first-order valence-corrected chi connectivity index (χ1v) is 10.6. The second-order valence-corrected chi connectivity index (χ2v) is 7.65. The largest absolute Gasteiger partial charge is 0.506 e. The van der Waals surface area contributed by atoms with Gasteiger partial charge in [0.2, 0.25) is 0 Å². The first-order chi connectivity index (χ1) is 15.8. The molecule has 4 aromatic carbocycles. The highest BCUT2D eigenvalue weighted by Crippen LogP contribution is 2.40. The Kier molecular flexibility index (Phi) is 5.22. The Bertz CT molecular complexity index is 1270. The highest BCUT2D eigenvalue weighted by molar-refractivity contribution is 5.88. The standard InChI is InChI=1S/C29H22N2O/c32-27-18-10-11-22-19-20-26(31-28(22)27)21-30-29(23-12-4-1-5-13-23,24-14-6-2-7-15-24)25-16-8-3-9-17-25/h1-21,32H. The Hall–Kier alpha value is -4.24. The lowest BCUT2D eigenvalue weighted by Crippen LogP contribution is -2.27. The lowest BCUT2D eigenvalue weighted by molar-refractivity contribution is 0.480. The normalized spacial score (nSPS) is 11.8. The maximum absolute atomic E-state index is 10.3. The molecule has 32 heavy (non-hydrogen) atoms. The van der Waals surface area contributed by atoms with Crippen molar-refractivity contribution in [1.29, 1.82) is 0 Å². The van der Waals surface area contributed by atoms with E-state index in [0.717, 1.165) is 22.1 Å². The van der Waals surface area contributed by atoms with Crippen LogP contribution in [0, 0.1) is 0 Å². The zero-order valence-electron chi connectivity index (χ0n) is 17.5. The molecule has 0 bridgehead atoms. The highest BCUT2D eigenvalue weighted by atomic mass is 16.3. The molecule has 0 aliphatic carbocycles. The minimum absolute atomic E-state index is 0.165. The molecule has 1 heterocycles. The summed E-state index contributed by atoms with van der Waals surface area (Å²) >= 11 is 0. The van der Waals surface area contributed by atoms with Crippen molar-refractivity contribution in [3.63, 3.8) is 0 Å². The molecule has 0 fully saturated rings. The van der Waals surface area contributed by atoms with Crippen molar-refractivity contribution < 1.29 is 5.11 Å². The number of aromatic nitrogens is 1. The maximum atomic E-state index is 10.3. The van der Waals surface area contributed by atoms with Crippen LogP contribution in [0.3, 0.4) is 0 Å². The summed E-state index contributed by atoms with van der Waals surface area (Å²) in [5, 5.41) is 11.1. The van der Waals surface area contributed by atoms with Crippen LogP contribution in [0.25, 0.3) is 10.9 Å². The molecule has 5 aromatic rings.